The topological polar surface area (TPSA) is 76.7 Å². The second-order valence-electron chi connectivity index (χ2n) is 7.49. The number of aryl methyl sites for hydroxylation is 1. The van der Waals surface area contributed by atoms with Gasteiger partial charge in [-0.1, -0.05) is 24.2 Å². The van der Waals surface area contributed by atoms with Crippen LogP contribution in [0.25, 0.3) is 17.1 Å². The van der Waals surface area contributed by atoms with Gasteiger partial charge in [-0.2, -0.15) is 5.10 Å². The van der Waals surface area contributed by atoms with Crippen LogP contribution in [0.15, 0.2) is 55.5 Å². The number of hydrogen-bond donors (Lipinski definition) is 1. The van der Waals surface area contributed by atoms with Gasteiger partial charge in [-0.3, -0.25) is 4.68 Å². The van der Waals surface area contributed by atoms with Crippen LogP contribution in [0, 0.1) is 5.82 Å². The van der Waals surface area contributed by atoms with E-state index in [-0.39, 0.29) is 5.02 Å². The number of rotatable bonds is 5. The molecule has 1 aliphatic heterocycles. The first kappa shape index (κ1) is 20.2. The maximum absolute atomic E-state index is 13.5. The molecular weight excluding hydrogens is 431 g/mol. The van der Waals surface area contributed by atoms with Gasteiger partial charge in [0.05, 0.1) is 22.6 Å². The molecule has 0 bridgehead atoms. The Morgan fingerprint density at radius 1 is 1.12 bits per heavy atom. The number of nitrogens with one attached hydrogen (secondary N) is 1. The monoisotopic (exact) mass is 450 g/mol. The molecule has 0 saturated carbocycles. The predicted octanol–water partition coefficient (Wildman–Crippen LogP) is 4.10. The lowest BCUT2D eigenvalue weighted by Gasteiger charge is -2.31. The molecule has 4 heterocycles. The standard InChI is InChI=1S/C22H20ClFN8/c1-14-21-27-19(18-5-7-25-22(28-18)29-20-6-8-26-30(20)2)13-32(21)10-9-31(14)12-15-3-4-17(24)16(23)11-15/h3-8,11,13H,1,9-10,12H2,2H3,(H,25,28,29). The molecule has 0 saturated heterocycles. The van der Waals surface area contributed by atoms with Crippen molar-refractivity contribution in [1.82, 2.24) is 34.2 Å². The number of benzene rings is 1. The van der Waals surface area contributed by atoms with E-state index in [1.54, 1.807) is 29.2 Å². The molecule has 0 amide bonds. The smallest absolute Gasteiger partial charge is 0.228 e. The summed E-state index contributed by atoms with van der Waals surface area (Å²) in [6.07, 6.45) is 5.37. The fraction of sp³-hybridized carbons (Fsp3) is 0.182. The first-order chi connectivity index (χ1) is 15.5. The number of halogens is 2. The summed E-state index contributed by atoms with van der Waals surface area (Å²) in [6.45, 7) is 6.32. The highest BCUT2D eigenvalue weighted by atomic mass is 35.5. The Kier molecular flexibility index (Phi) is 5.10. The lowest BCUT2D eigenvalue weighted by molar-refractivity contribution is 0.342. The van der Waals surface area contributed by atoms with Crippen molar-refractivity contribution in [1.29, 1.82) is 0 Å². The van der Waals surface area contributed by atoms with Gasteiger partial charge in [-0.05, 0) is 23.8 Å². The SMILES string of the molecule is C=C1c2nc(-c3ccnc(Nc4ccnn4C)n3)cn2CCN1Cc1ccc(F)c(Cl)c1. The van der Waals surface area contributed by atoms with Crippen LogP contribution in [-0.4, -0.2) is 40.7 Å². The van der Waals surface area contributed by atoms with Crippen LogP contribution < -0.4 is 5.32 Å². The van der Waals surface area contributed by atoms with Gasteiger partial charge in [0, 0.05) is 45.1 Å². The summed E-state index contributed by atoms with van der Waals surface area (Å²) in [6, 6.07) is 8.44. The van der Waals surface area contributed by atoms with E-state index in [2.05, 4.69) is 36.4 Å². The van der Waals surface area contributed by atoms with Gasteiger partial charge in [0.25, 0.3) is 0 Å². The number of fused-ring (bicyclic) bond motifs is 1. The van der Waals surface area contributed by atoms with Crippen LogP contribution in [0.3, 0.4) is 0 Å². The van der Waals surface area contributed by atoms with Crippen molar-refractivity contribution in [3.8, 4) is 11.4 Å². The second-order valence-corrected chi connectivity index (χ2v) is 7.90. The highest BCUT2D eigenvalue weighted by Crippen LogP contribution is 2.28. The summed E-state index contributed by atoms with van der Waals surface area (Å²) in [5.74, 6) is 1.61. The molecule has 162 valence electrons. The van der Waals surface area contributed by atoms with Gasteiger partial charge in [-0.15, -0.1) is 0 Å². The molecule has 0 atom stereocenters. The van der Waals surface area contributed by atoms with Crippen molar-refractivity contribution in [3.05, 3.63) is 77.7 Å². The van der Waals surface area contributed by atoms with Gasteiger partial charge in [0.2, 0.25) is 5.95 Å². The minimum Gasteiger partial charge on any atom is -0.363 e. The van der Waals surface area contributed by atoms with Crippen LogP contribution >= 0.6 is 11.6 Å². The van der Waals surface area contributed by atoms with Crippen LogP contribution in [0.1, 0.15) is 11.4 Å². The minimum absolute atomic E-state index is 0.119. The zero-order valence-corrected chi connectivity index (χ0v) is 18.1. The molecule has 8 nitrogen and oxygen atoms in total. The number of hydrogen-bond acceptors (Lipinski definition) is 6. The molecule has 0 unspecified atom stereocenters. The maximum atomic E-state index is 13.5. The summed E-state index contributed by atoms with van der Waals surface area (Å²) in [5, 5.41) is 7.41. The Balaban J connectivity index is 1.37. The third-order valence-corrected chi connectivity index (χ3v) is 5.65. The molecule has 5 rings (SSSR count). The molecule has 0 fully saturated rings. The second kappa shape index (κ2) is 8.08. The Morgan fingerprint density at radius 3 is 2.78 bits per heavy atom. The minimum atomic E-state index is -0.421. The van der Waals surface area contributed by atoms with Crippen LogP contribution in [0.5, 0.6) is 0 Å². The molecule has 1 aliphatic rings. The lowest BCUT2D eigenvalue weighted by Crippen LogP contribution is -2.31. The molecule has 0 spiro atoms. The quantitative estimate of drug-likeness (QED) is 0.493. The van der Waals surface area contributed by atoms with Gasteiger partial charge in [-0.25, -0.2) is 19.3 Å². The van der Waals surface area contributed by atoms with Gasteiger partial charge < -0.3 is 14.8 Å². The van der Waals surface area contributed by atoms with Crippen molar-refractivity contribution in [2.75, 3.05) is 11.9 Å². The highest BCUT2D eigenvalue weighted by molar-refractivity contribution is 6.30. The number of nitrogens with zero attached hydrogens (tertiary/aromatic N) is 7. The molecule has 0 radical (unpaired) electrons. The van der Waals surface area contributed by atoms with Gasteiger partial charge in [0.15, 0.2) is 5.82 Å². The van der Waals surface area contributed by atoms with E-state index in [1.807, 2.05) is 25.4 Å². The average molecular weight is 451 g/mol. The summed E-state index contributed by atoms with van der Waals surface area (Å²) < 4.78 is 17.3. The number of imidazole rings is 1. The summed E-state index contributed by atoms with van der Waals surface area (Å²) in [5.41, 5.74) is 3.16. The van der Waals surface area contributed by atoms with E-state index < -0.39 is 5.82 Å². The largest absolute Gasteiger partial charge is 0.363 e. The Morgan fingerprint density at radius 2 is 2.00 bits per heavy atom. The Labute approximate surface area is 189 Å². The molecule has 3 aromatic heterocycles. The average Bonchev–Trinajstić information content (AvgIpc) is 3.40. The zero-order chi connectivity index (χ0) is 22.2. The van der Waals surface area contributed by atoms with Crippen molar-refractivity contribution in [2.45, 2.75) is 13.1 Å². The van der Waals surface area contributed by atoms with Crippen LogP contribution in [0.2, 0.25) is 5.02 Å². The first-order valence-electron chi connectivity index (χ1n) is 10.0. The molecular formula is C22H20ClFN8. The van der Waals surface area contributed by atoms with Crippen molar-refractivity contribution in [3.63, 3.8) is 0 Å². The van der Waals surface area contributed by atoms with Gasteiger partial charge >= 0.3 is 0 Å². The number of aromatic nitrogens is 6. The van der Waals surface area contributed by atoms with Crippen molar-refractivity contribution in [2.24, 2.45) is 7.05 Å². The van der Waals surface area contributed by atoms with Gasteiger partial charge in [0.1, 0.15) is 17.3 Å². The molecule has 1 aromatic carbocycles. The van der Waals surface area contributed by atoms with E-state index >= 15 is 0 Å². The van der Waals surface area contributed by atoms with E-state index in [0.717, 1.165) is 41.7 Å². The highest BCUT2D eigenvalue weighted by Gasteiger charge is 2.23. The molecule has 0 aliphatic carbocycles. The molecule has 32 heavy (non-hydrogen) atoms. The van der Waals surface area contributed by atoms with Crippen LogP contribution in [-0.2, 0) is 20.1 Å². The number of anilines is 2. The Hall–Kier alpha value is -3.72. The predicted molar refractivity (Wildman–Crippen MR) is 121 cm³/mol. The summed E-state index contributed by atoms with van der Waals surface area (Å²) >= 11 is 5.93. The fourth-order valence-electron chi connectivity index (χ4n) is 3.65. The van der Waals surface area contributed by atoms with E-state index in [9.17, 15) is 4.39 Å². The Bertz CT molecular complexity index is 1310. The fourth-order valence-corrected chi connectivity index (χ4v) is 3.85. The van der Waals surface area contributed by atoms with E-state index in [1.165, 1.54) is 6.07 Å². The first-order valence-corrected chi connectivity index (χ1v) is 10.4. The lowest BCUT2D eigenvalue weighted by atomic mass is 10.2. The molecule has 10 heteroatoms. The van der Waals surface area contributed by atoms with E-state index in [4.69, 9.17) is 16.6 Å². The van der Waals surface area contributed by atoms with Crippen molar-refractivity contribution >= 4 is 29.1 Å². The molecule has 4 aromatic rings. The third kappa shape index (κ3) is 3.82. The third-order valence-electron chi connectivity index (χ3n) is 5.36. The van der Waals surface area contributed by atoms with E-state index in [0.29, 0.717) is 18.2 Å². The zero-order valence-electron chi connectivity index (χ0n) is 17.3. The normalized spacial score (nSPS) is 13.3. The summed E-state index contributed by atoms with van der Waals surface area (Å²) in [7, 11) is 1.84. The maximum Gasteiger partial charge on any atom is 0.228 e. The summed E-state index contributed by atoms with van der Waals surface area (Å²) in [4.78, 5) is 15.8. The van der Waals surface area contributed by atoms with Crippen LogP contribution in [0.4, 0.5) is 16.2 Å². The molecule has 1 N–H and O–H groups in total. The van der Waals surface area contributed by atoms with Crippen molar-refractivity contribution < 1.29 is 4.39 Å².